The Morgan fingerprint density at radius 2 is 1.71 bits per heavy atom. The molecule has 0 saturated carbocycles. The number of barbiturate groups is 1. The smallest absolute Gasteiger partial charge is 0.335 e. The third kappa shape index (κ3) is 5.23. The van der Waals surface area contributed by atoms with Crippen LogP contribution in [0.2, 0.25) is 0 Å². The minimum atomic E-state index is -0.778. The molecule has 1 saturated heterocycles. The molecule has 4 rings (SSSR count). The number of imide groups is 2. The van der Waals surface area contributed by atoms with E-state index in [-0.39, 0.29) is 5.57 Å². The van der Waals surface area contributed by atoms with Crippen LogP contribution in [-0.2, 0) is 16.2 Å². The van der Waals surface area contributed by atoms with Crippen molar-refractivity contribution in [3.05, 3.63) is 96.5 Å². The number of amides is 4. The second-order valence-corrected chi connectivity index (χ2v) is 9.99. The van der Waals surface area contributed by atoms with Gasteiger partial charge in [-0.25, -0.2) is 9.69 Å². The topological polar surface area (TPSA) is 75.7 Å². The molecule has 172 valence electrons. The second-order valence-electron chi connectivity index (χ2n) is 7.82. The summed E-state index contributed by atoms with van der Waals surface area (Å²) in [5, 5.41) is 2.27. The number of carbonyl (C=O) groups is 3. The highest BCUT2D eigenvalue weighted by Gasteiger charge is 2.37. The van der Waals surface area contributed by atoms with E-state index < -0.39 is 17.8 Å². The quantitative estimate of drug-likeness (QED) is 0.216. The first-order valence-corrected chi connectivity index (χ1v) is 12.3. The lowest BCUT2D eigenvalue weighted by Gasteiger charge is -2.27. The van der Waals surface area contributed by atoms with Gasteiger partial charge in [0, 0.05) is 13.6 Å². The third-order valence-electron chi connectivity index (χ3n) is 5.43. The minimum absolute atomic E-state index is 0.157. The molecule has 0 unspecified atom stereocenters. The molecule has 0 spiro atoms. The van der Waals surface area contributed by atoms with Gasteiger partial charge in [-0.15, -0.1) is 0 Å². The number of nitrogens with one attached hydrogen (secondary N) is 1. The zero-order chi connectivity index (χ0) is 24.4. The summed E-state index contributed by atoms with van der Waals surface area (Å²) in [6.45, 7) is 4.16. The van der Waals surface area contributed by atoms with Gasteiger partial charge < -0.3 is 4.74 Å². The molecule has 6 nitrogen and oxygen atoms in total. The van der Waals surface area contributed by atoms with Crippen molar-refractivity contribution in [1.29, 1.82) is 0 Å². The lowest BCUT2D eigenvalue weighted by atomic mass is 10.0. The van der Waals surface area contributed by atoms with Gasteiger partial charge in [-0.3, -0.25) is 14.9 Å². The van der Waals surface area contributed by atoms with Gasteiger partial charge in [0.1, 0.15) is 17.9 Å². The summed E-state index contributed by atoms with van der Waals surface area (Å²) in [5.41, 5.74) is 3.72. The van der Waals surface area contributed by atoms with Crippen LogP contribution in [-0.4, -0.2) is 17.8 Å². The van der Waals surface area contributed by atoms with Crippen molar-refractivity contribution in [2.24, 2.45) is 0 Å². The first-order valence-electron chi connectivity index (χ1n) is 10.4. The highest BCUT2D eigenvalue weighted by atomic mass is 127. The van der Waals surface area contributed by atoms with Crippen LogP contribution in [0.15, 0.2) is 70.7 Å². The zero-order valence-electron chi connectivity index (χ0n) is 18.4. The van der Waals surface area contributed by atoms with Crippen molar-refractivity contribution >= 4 is 68.1 Å². The first-order chi connectivity index (χ1) is 16.2. The van der Waals surface area contributed by atoms with E-state index in [2.05, 4.69) is 43.8 Å². The number of anilines is 1. The molecule has 1 fully saturated rings. The predicted octanol–water partition coefficient (Wildman–Crippen LogP) is 5.92. The van der Waals surface area contributed by atoms with Crippen molar-refractivity contribution < 1.29 is 19.1 Å². The van der Waals surface area contributed by atoms with Crippen LogP contribution < -0.4 is 15.0 Å². The number of hydrogen-bond acceptors (Lipinski definition) is 4. The highest BCUT2D eigenvalue weighted by Crippen LogP contribution is 2.29. The van der Waals surface area contributed by atoms with E-state index in [9.17, 15) is 14.4 Å². The molecule has 1 aliphatic heterocycles. The number of carbonyl (C=O) groups excluding carboxylic acids is 3. The summed E-state index contributed by atoms with van der Waals surface area (Å²) in [6.07, 6.45) is 1.45. The van der Waals surface area contributed by atoms with E-state index in [1.165, 1.54) is 6.08 Å². The summed E-state index contributed by atoms with van der Waals surface area (Å²) in [7, 11) is 0. The average molecular weight is 631 g/mol. The van der Waals surface area contributed by atoms with E-state index in [4.69, 9.17) is 4.74 Å². The van der Waals surface area contributed by atoms with Crippen molar-refractivity contribution in [2.45, 2.75) is 20.5 Å². The normalized spacial score (nSPS) is 15.0. The van der Waals surface area contributed by atoms with Gasteiger partial charge in [0.2, 0.25) is 0 Å². The van der Waals surface area contributed by atoms with Gasteiger partial charge in [0.15, 0.2) is 0 Å². The van der Waals surface area contributed by atoms with Crippen LogP contribution in [0.3, 0.4) is 0 Å². The van der Waals surface area contributed by atoms with Crippen LogP contribution in [0.5, 0.6) is 5.75 Å². The Morgan fingerprint density at radius 1 is 0.971 bits per heavy atom. The highest BCUT2D eigenvalue weighted by molar-refractivity contribution is 14.1. The second kappa shape index (κ2) is 10.1. The van der Waals surface area contributed by atoms with Crippen molar-refractivity contribution in [2.75, 3.05) is 4.90 Å². The van der Waals surface area contributed by atoms with Crippen LogP contribution >= 0.6 is 38.5 Å². The molecule has 3 aromatic carbocycles. The Hall–Kier alpha value is -2.98. The van der Waals surface area contributed by atoms with Gasteiger partial charge >= 0.3 is 6.03 Å². The van der Waals surface area contributed by atoms with Crippen LogP contribution in [0.25, 0.3) is 6.08 Å². The Balaban J connectivity index is 1.67. The SMILES string of the molecule is Cc1ccc(N2C(=O)NC(=O)/C(=C\c3cc(Br)ccc3OCc3ccc(I)cc3)C2=O)cc1C. The number of hydrogen-bond donors (Lipinski definition) is 1. The van der Waals surface area contributed by atoms with Gasteiger partial charge in [-0.2, -0.15) is 0 Å². The number of halogens is 2. The monoisotopic (exact) mass is 630 g/mol. The molecule has 4 amide bonds. The molecular weight excluding hydrogens is 611 g/mol. The number of ether oxygens (including phenoxy) is 1. The molecule has 0 aromatic heterocycles. The van der Waals surface area contributed by atoms with E-state index in [0.717, 1.165) is 29.6 Å². The average Bonchev–Trinajstić information content (AvgIpc) is 2.79. The van der Waals surface area contributed by atoms with Gasteiger partial charge in [0.05, 0.1) is 5.69 Å². The van der Waals surface area contributed by atoms with E-state index in [0.29, 0.717) is 23.6 Å². The standard InChI is InChI=1S/C26H20BrIN2O4/c1-15-3-9-21(11-16(15)2)30-25(32)22(24(31)29-26(30)33)13-18-12-19(27)6-10-23(18)34-14-17-4-7-20(28)8-5-17/h3-13H,14H2,1-2H3,(H,29,31,33)/b22-13+. The molecule has 0 aliphatic carbocycles. The molecule has 3 aromatic rings. The number of urea groups is 1. The predicted molar refractivity (Wildman–Crippen MR) is 143 cm³/mol. The van der Waals surface area contributed by atoms with Gasteiger partial charge in [-0.1, -0.05) is 34.1 Å². The van der Waals surface area contributed by atoms with Crippen molar-refractivity contribution in [3.63, 3.8) is 0 Å². The Labute approximate surface area is 219 Å². The van der Waals surface area contributed by atoms with E-state index in [1.807, 2.05) is 50.2 Å². The Kier molecular flexibility index (Phi) is 7.18. The third-order valence-corrected chi connectivity index (χ3v) is 6.64. The minimum Gasteiger partial charge on any atom is -0.488 e. The molecule has 1 heterocycles. The number of benzene rings is 3. The molecular formula is C26H20BrIN2O4. The maximum absolute atomic E-state index is 13.3. The fourth-order valence-corrected chi connectivity index (χ4v) is 4.16. The largest absolute Gasteiger partial charge is 0.488 e. The number of aryl methyl sites for hydroxylation is 2. The lowest BCUT2D eigenvalue weighted by Crippen LogP contribution is -2.54. The Morgan fingerprint density at radius 3 is 2.41 bits per heavy atom. The van der Waals surface area contributed by atoms with Crippen LogP contribution in [0, 0.1) is 17.4 Å². The summed E-state index contributed by atoms with van der Waals surface area (Å²) in [5.74, 6) is -0.941. The molecule has 0 atom stereocenters. The summed E-state index contributed by atoms with van der Waals surface area (Å²) >= 11 is 5.67. The molecule has 1 N–H and O–H groups in total. The van der Waals surface area contributed by atoms with Gasteiger partial charge in [-0.05, 0) is 102 Å². The Bertz CT molecular complexity index is 1340. The summed E-state index contributed by atoms with van der Waals surface area (Å²) in [4.78, 5) is 39.4. The maximum Gasteiger partial charge on any atom is 0.335 e. The van der Waals surface area contributed by atoms with Gasteiger partial charge in [0.25, 0.3) is 11.8 Å². The fraction of sp³-hybridized carbons (Fsp3) is 0.115. The van der Waals surface area contributed by atoms with Crippen molar-refractivity contribution in [3.8, 4) is 5.75 Å². The molecule has 8 heteroatoms. The molecule has 1 aliphatic rings. The lowest BCUT2D eigenvalue weighted by molar-refractivity contribution is -0.122. The fourth-order valence-electron chi connectivity index (χ4n) is 3.42. The number of rotatable bonds is 5. The molecule has 0 bridgehead atoms. The first kappa shape index (κ1) is 24.2. The molecule has 0 radical (unpaired) electrons. The van der Waals surface area contributed by atoms with Crippen LogP contribution in [0.4, 0.5) is 10.5 Å². The summed E-state index contributed by atoms with van der Waals surface area (Å²) < 4.78 is 7.88. The maximum atomic E-state index is 13.3. The van der Waals surface area contributed by atoms with Crippen molar-refractivity contribution in [1.82, 2.24) is 5.32 Å². The number of nitrogens with zero attached hydrogens (tertiary/aromatic N) is 1. The van der Waals surface area contributed by atoms with E-state index in [1.54, 1.807) is 24.3 Å². The van der Waals surface area contributed by atoms with E-state index >= 15 is 0 Å². The summed E-state index contributed by atoms with van der Waals surface area (Å²) in [6, 6.07) is 17.8. The zero-order valence-corrected chi connectivity index (χ0v) is 22.1. The van der Waals surface area contributed by atoms with Crippen LogP contribution in [0.1, 0.15) is 22.3 Å². The molecule has 34 heavy (non-hydrogen) atoms.